The van der Waals surface area contributed by atoms with Gasteiger partial charge in [-0.2, -0.15) is 0 Å². The SMILES string of the molecule is CC(NCCN(C)CC1CCCCC1)c1ccco1. The molecule has 1 aromatic heterocycles. The van der Waals surface area contributed by atoms with Crippen LogP contribution < -0.4 is 5.32 Å². The molecule has 19 heavy (non-hydrogen) atoms. The summed E-state index contributed by atoms with van der Waals surface area (Å²) < 4.78 is 5.40. The van der Waals surface area contributed by atoms with E-state index in [2.05, 4.69) is 24.2 Å². The number of rotatable bonds is 7. The Kier molecular flexibility index (Phi) is 5.93. The molecular weight excluding hydrogens is 236 g/mol. The standard InChI is InChI=1S/C16H28N2O/c1-14(16-9-6-12-19-16)17-10-11-18(2)13-15-7-4-3-5-8-15/h6,9,12,14-15,17H,3-5,7-8,10-11,13H2,1-2H3. The fourth-order valence-corrected chi connectivity index (χ4v) is 3.01. The minimum absolute atomic E-state index is 0.304. The molecule has 1 fully saturated rings. The van der Waals surface area contributed by atoms with Crippen molar-refractivity contribution in [3.8, 4) is 0 Å². The van der Waals surface area contributed by atoms with E-state index < -0.39 is 0 Å². The molecule has 3 heteroatoms. The summed E-state index contributed by atoms with van der Waals surface area (Å²) in [7, 11) is 2.24. The van der Waals surface area contributed by atoms with Crippen LogP contribution in [0.3, 0.4) is 0 Å². The first kappa shape index (κ1) is 14.6. The second-order valence-electron chi connectivity index (χ2n) is 5.96. The predicted octanol–water partition coefficient (Wildman–Crippen LogP) is 3.44. The summed E-state index contributed by atoms with van der Waals surface area (Å²) in [6.07, 6.45) is 8.92. The van der Waals surface area contributed by atoms with Gasteiger partial charge in [0.25, 0.3) is 0 Å². The van der Waals surface area contributed by atoms with Gasteiger partial charge in [0.05, 0.1) is 12.3 Å². The molecule has 108 valence electrons. The van der Waals surface area contributed by atoms with Gasteiger partial charge in [0.2, 0.25) is 0 Å². The Bertz CT molecular complexity index is 331. The van der Waals surface area contributed by atoms with Crippen molar-refractivity contribution < 1.29 is 4.42 Å². The van der Waals surface area contributed by atoms with E-state index in [0.717, 1.165) is 24.8 Å². The van der Waals surface area contributed by atoms with Crippen molar-refractivity contribution in [3.63, 3.8) is 0 Å². The van der Waals surface area contributed by atoms with E-state index in [1.807, 2.05) is 12.1 Å². The van der Waals surface area contributed by atoms with Crippen molar-refractivity contribution in [3.05, 3.63) is 24.2 Å². The zero-order valence-corrected chi connectivity index (χ0v) is 12.4. The Morgan fingerprint density at radius 3 is 2.84 bits per heavy atom. The van der Waals surface area contributed by atoms with Crippen LogP contribution in [0.25, 0.3) is 0 Å². The van der Waals surface area contributed by atoms with Gasteiger partial charge in [0.1, 0.15) is 5.76 Å². The molecule has 1 saturated carbocycles. The molecule has 2 rings (SSSR count). The van der Waals surface area contributed by atoms with Gasteiger partial charge in [-0.3, -0.25) is 0 Å². The maximum absolute atomic E-state index is 5.40. The Morgan fingerprint density at radius 2 is 2.16 bits per heavy atom. The number of nitrogens with one attached hydrogen (secondary N) is 1. The first-order valence-electron chi connectivity index (χ1n) is 7.71. The van der Waals surface area contributed by atoms with E-state index in [1.54, 1.807) is 6.26 Å². The third kappa shape index (κ3) is 5.00. The maximum atomic E-state index is 5.40. The third-order valence-corrected chi connectivity index (χ3v) is 4.21. The molecule has 1 atom stereocenters. The lowest BCUT2D eigenvalue weighted by molar-refractivity contribution is 0.231. The minimum atomic E-state index is 0.304. The van der Waals surface area contributed by atoms with Crippen LogP contribution in [0.5, 0.6) is 0 Å². The lowest BCUT2D eigenvalue weighted by Crippen LogP contribution is -2.34. The first-order valence-corrected chi connectivity index (χ1v) is 7.71. The van der Waals surface area contributed by atoms with Gasteiger partial charge < -0.3 is 14.6 Å². The molecular formula is C16H28N2O. The summed E-state index contributed by atoms with van der Waals surface area (Å²) in [5.74, 6) is 1.95. The Balaban J connectivity index is 1.59. The Morgan fingerprint density at radius 1 is 1.37 bits per heavy atom. The van der Waals surface area contributed by atoms with Crippen molar-refractivity contribution in [2.45, 2.75) is 45.1 Å². The molecule has 1 aromatic rings. The molecule has 1 N–H and O–H groups in total. The number of furan rings is 1. The highest BCUT2D eigenvalue weighted by atomic mass is 16.3. The topological polar surface area (TPSA) is 28.4 Å². The zero-order valence-electron chi connectivity index (χ0n) is 12.4. The molecule has 1 unspecified atom stereocenters. The number of nitrogens with zero attached hydrogens (tertiary/aromatic N) is 1. The van der Waals surface area contributed by atoms with Gasteiger partial charge >= 0.3 is 0 Å². The molecule has 0 saturated heterocycles. The lowest BCUT2D eigenvalue weighted by Gasteiger charge is -2.27. The summed E-state index contributed by atoms with van der Waals surface area (Å²) in [4.78, 5) is 2.47. The minimum Gasteiger partial charge on any atom is -0.468 e. The average Bonchev–Trinajstić information content (AvgIpc) is 2.93. The Labute approximate surface area is 117 Å². The second-order valence-corrected chi connectivity index (χ2v) is 5.96. The van der Waals surface area contributed by atoms with E-state index in [1.165, 1.54) is 38.6 Å². The largest absolute Gasteiger partial charge is 0.468 e. The molecule has 0 aliphatic heterocycles. The molecule has 0 radical (unpaired) electrons. The Hall–Kier alpha value is -0.800. The molecule has 1 aliphatic carbocycles. The molecule has 3 nitrogen and oxygen atoms in total. The second kappa shape index (κ2) is 7.71. The van der Waals surface area contributed by atoms with Crippen LogP contribution in [0, 0.1) is 5.92 Å². The van der Waals surface area contributed by atoms with Crippen LogP contribution in [-0.2, 0) is 0 Å². The predicted molar refractivity (Wildman–Crippen MR) is 79.2 cm³/mol. The van der Waals surface area contributed by atoms with Crippen LogP contribution in [-0.4, -0.2) is 31.6 Å². The normalized spacial score (nSPS) is 18.9. The van der Waals surface area contributed by atoms with Gasteiger partial charge in [-0.1, -0.05) is 19.3 Å². The van der Waals surface area contributed by atoms with Gasteiger partial charge in [-0.05, 0) is 44.9 Å². The first-order chi connectivity index (χ1) is 9.25. The van der Waals surface area contributed by atoms with E-state index in [4.69, 9.17) is 4.42 Å². The summed E-state index contributed by atoms with van der Waals surface area (Å²) in [5, 5.41) is 3.52. The van der Waals surface area contributed by atoms with Crippen LogP contribution in [0.4, 0.5) is 0 Å². The summed E-state index contributed by atoms with van der Waals surface area (Å²) >= 11 is 0. The zero-order chi connectivity index (χ0) is 13.5. The highest BCUT2D eigenvalue weighted by molar-refractivity contribution is 5.02. The lowest BCUT2D eigenvalue weighted by atomic mass is 9.89. The van der Waals surface area contributed by atoms with E-state index >= 15 is 0 Å². The molecule has 0 bridgehead atoms. The van der Waals surface area contributed by atoms with Gasteiger partial charge in [0, 0.05) is 19.6 Å². The van der Waals surface area contributed by atoms with Gasteiger partial charge in [-0.15, -0.1) is 0 Å². The molecule has 0 amide bonds. The number of hydrogen-bond acceptors (Lipinski definition) is 3. The molecule has 0 aromatic carbocycles. The van der Waals surface area contributed by atoms with Crippen molar-refractivity contribution in [2.24, 2.45) is 5.92 Å². The maximum Gasteiger partial charge on any atom is 0.120 e. The smallest absolute Gasteiger partial charge is 0.120 e. The number of likely N-dealkylation sites (N-methyl/N-ethyl adjacent to an activating group) is 1. The fourth-order valence-electron chi connectivity index (χ4n) is 3.01. The van der Waals surface area contributed by atoms with Crippen molar-refractivity contribution in [1.82, 2.24) is 10.2 Å². The summed E-state index contributed by atoms with van der Waals surface area (Å²) in [5.41, 5.74) is 0. The van der Waals surface area contributed by atoms with Crippen LogP contribution in [0.15, 0.2) is 22.8 Å². The summed E-state index contributed by atoms with van der Waals surface area (Å²) in [6.45, 7) is 5.55. The van der Waals surface area contributed by atoms with Crippen molar-refractivity contribution in [2.75, 3.05) is 26.7 Å². The van der Waals surface area contributed by atoms with Gasteiger partial charge in [0.15, 0.2) is 0 Å². The fraction of sp³-hybridized carbons (Fsp3) is 0.750. The van der Waals surface area contributed by atoms with Crippen molar-refractivity contribution in [1.29, 1.82) is 0 Å². The highest BCUT2D eigenvalue weighted by Crippen LogP contribution is 2.23. The van der Waals surface area contributed by atoms with Crippen LogP contribution in [0.1, 0.15) is 50.8 Å². The average molecular weight is 264 g/mol. The number of hydrogen-bond donors (Lipinski definition) is 1. The summed E-state index contributed by atoms with van der Waals surface area (Å²) in [6, 6.07) is 4.28. The van der Waals surface area contributed by atoms with E-state index in [9.17, 15) is 0 Å². The molecule has 1 aliphatic rings. The van der Waals surface area contributed by atoms with E-state index in [-0.39, 0.29) is 0 Å². The third-order valence-electron chi connectivity index (χ3n) is 4.21. The monoisotopic (exact) mass is 264 g/mol. The quantitative estimate of drug-likeness (QED) is 0.817. The van der Waals surface area contributed by atoms with Crippen LogP contribution >= 0.6 is 0 Å². The van der Waals surface area contributed by atoms with Gasteiger partial charge in [-0.25, -0.2) is 0 Å². The van der Waals surface area contributed by atoms with E-state index in [0.29, 0.717) is 6.04 Å². The molecule has 0 spiro atoms. The highest BCUT2D eigenvalue weighted by Gasteiger charge is 2.15. The van der Waals surface area contributed by atoms with Crippen molar-refractivity contribution >= 4 is 0 Å². The van der Waals surface area contributed by atoms with Crippen LogP contribution in [0.2, 0.25) is 0 Å². The molecule has 1 heterocycles.